The molecule has 0 atom stereocenters. The number of rotatable bonds is 20. The first-order chi connectivity index (χ1) is 18.0. The molecule has 0 heterocycles. The Morgan fingerprint density at radius 1 is 0.462 bits per heavy atom. The Morgan fingerprint density at radius 2 is 0.769 bits per heavy atom. The maximum atomic E-state index is 12.4. The van der Waals surface area contributed by atoms with Crippen LogP contribution in [0.5, 0.6) is 0 Å². The molecule has 6 heteroatoms. The molecule has 0 rings (SSSR count). The maximum absolute atomic E-state index is 12.4. The fourth-order valence-corrected chi connectivity index (χ4v) is 4.18. The fourth-order valence-electron chi connectivity index (χ4n) is 4.18. The van der Waals surface area contributed by atoms with E-state index in [-0.39, 0.29) is 31.1 Å². The van der Waals surface area contributed by atoms with E-state index in [4.69, 9.17) is 14.2 Å². The third kappa shape index (κ3) is 27.8. The lowest BCUT2D eigenvalue weighted by atomic mass is 9.89. The normalized spacial score (nSPS) is 12.5. The second-order valence-electron chi connectivity index (χ2n) is 14.8. The number of carbonyl (C=O) groups is 3. The number of ether oxygens (including phenoxy) is 3. The smallest absolute Gasteiger partial charge is 0.306 e. The maximum Gasteiger partial charge on any atom is 0.306 e. The molecule has 0 spiro atoms. The summed E-state index contributed by atoms with van der Waals surface area (Å²) in [5.74, 6) is -0.953. The van der Waals surface area contributed by atoms with E-state index in [0.717, 1.165) is 77.0 Å². The molecular formula is C33H62O6. The van der Waals surface area contributed by atoms with Crippen molar-refractivity contribution in [3.05, 3.63) is 0 Å². The molecule has 0 N–H and O–H groups in total. The van der Waals surface area contributed by atoms with Gasteiger partial charge in [-0.15, -0.1) is 0 Å². The predicted molar refractivity (Wildman–Crippen MR) is 159 cm³/mol. The van der Waals surface area contributed by atoms with Gasteiger partial charge in [-0.05, 0) is 54.8 Å². The van der Waals surface area contributed by atoms with Gasteiger partial charge in [-0.3, -0.25) is 14.4 Å². The van der Waals surface area contributed by atoms with Crippen LogP contribution in [0.15, 0.2) is 0 Å². The van der Waals surface area contributed by atoms with Gasteiger partial charge < -0.3 is 14.2 Å². The minimum Gasteiger partial charge on any atom is -0.462 e. The summed E-state index contributed by atoms with van der Waals surface area (Å²) in [4.78, 5) is 37.0. The summed E-state index contributed by atoms with van der Waals surface area (Å²) in [6, 6.07) is 0. The quantitative estimate of drug-likeness (QED) is 0.0849. The second kappa shape index (κ2) is 19.5. The Hall–Kier alpha value is -1.59. The van der Waals surface area contributed by atoms with Gasteiger partial charge in [-0.25, -0.2) is 0 Å². The number of hydrogen-bond donors (Lipinski definition) is 0. The van der Waals surface area contributed by atoms with Crippen LogP contribution in [0.1, 0.15) is 159 Å². The van der Waals surface area contributed by atoms with Crippen molar-refractivity contribution >= 4 is 17.9 Å². The number of hydrogen-bond acceptors (Lipinski definition) is 6. The van der Waals surface area contributed by atoms with Crippen molar-refractivity contribution in [3.8, 4) is 0 Å². The average molecular weight is 555 g/mol. The highest BCUT2D eigenvalue weighted by molar-refractivity contribution is 5.71. The van der Waals surface area contributed by atoms with Crippen molar-refractivity contribution in [2.24, 2.45) is 16.2 Å². The number of unbranched alkanes of at least 4 members (excludes halogenated alkanes) is 6. The molecule has 6 nitrogen and oxygen atoms in total. The SMILES string of the molecule is CC(C)(C)CCCCCC(=O)OCC(COC(=O)CCCCCC(C)(C)C)OC(=O)CCCCCC(C)(C)C. The van der Waals surface area contributed by atoms with Gasteiger partial charge in [-0.2, -0.15) is 0 Å². The van der Waals surface area contributed by atoms with Crippen LogP contribution in [0.2, 0.25) is 0 Å². The van der Waals surface area contributed by atoms with E-state index in [1.165, 1.54) is 0 Å². The molecule has 0 aliphatic carbocycles. The molecule has 0 fully saturated rings. The van der Waals surface area contributed by atoms with Gasteiger partial charge in [0.05, 0.1) is 0 Å². The van der Waals surface area contributed by atoms with Crippen molar-refractivity contribution in [2.75, 3.05) is 13.2 Å². The Kier molecular flexibility index (Phi) is 18.7. The molecule has 0 aromatic heterocycles. The molecule has 230 valence electrons. The third-order valence-electron chi connectivity index (χ3n) is 6.58. The van der Waals surface area contributed by atoms with Crippen molar-refractivity contribution in [1.82, 2.24) is 0 Å². The molecule has 0 amide bonds. The van der Waals surface area contributed by atoms with Gasteiger partial charge in [0.25, 0.3) is 0 Å². The highest BCUT2D eigenvalue weighted by Crippen LogP contribution is 2.24. The standard InChI is InChI=1S/C33H62O6/c1-31(2,3)22-16-10-13-19-28(34)37-25-27(39-30(36)21-15-12-18-24-33(7,8)9)26-38-29(35)20-14-11-17-23-32(4,5)6/h27H,10-26H2,1-9H3. The highest BCUT2D eigenvalue weighted by Gasteiger charge is 2.20. The molecule has 0 aromatic carbocycles. The van der Waals surface area contributed by atoms with Crippen LogP contribution in [0.3, 0.4) is 0 Å². The zero-order chi connectivity index (χ0) is 30.0. The predicted octanol–water partition coefficient (Wildman–Crippen LogP) is 8.97. The van der Waals surface area contributed by atoms with E-state index in [0.29, 0.717) is 35.5 Å². The minimum atomic E-state index is -0.776. The summed E-state index contributed by atoms with van der Waals surface area (Å²) in [6.07, 6.45) is 12.0. The molecule has 0 aromatic rings. The van der Waals surface area contributed by atoms with Crippen molar-refractivity contribution in [3.63, 3.8) is 0 Å². The van der Waals surface area contributed by atoms with Gasteiger partial charge in [0, 0.05) is 19.3 Å². The van der Waals surface area contributed by atoms with E-state index in [1.54, 1.807) is 0 Å². The van der Waals surface area contributed by atoms with Crippen molar-refractivity contribution < 1.29 is 28.6 Å². The third-order valence-corrected chi connectivity index (χ3v) is 6.58. The molecule has 0 unspecified atom stereocenters. The van der Waals surface area contributed by atoms with Crippen LogP contribution in [0.4, 0.5) is 0 Å². The summed E-state index contributed by atoms with van der Waals surface area (Å²) in [5, 5.41) is 0. The van der Waals surface area contributed by atoms with E-state index >= 15 is 0 Å². The average Bonchev–Trinajstić information content (AvgIpc) is 2.77. The summed E-state index contributed by atoms with van der Waals surface area (Å²) >= 11 is 0. The van der Waals surface area contributed by atoms with E-state index in [1.807, 2.05) is 0 Å². The topological polar surface area (TPSA) is 78.9 Å². The Morgan fingerprint density at radius 3 is 1.08 bits per heavy atom. The molecule has 0 radical (unpaired) electrons. The lowest BCUT2D eigenvalue weighted by Gasteiger charge is -2.19. The first-order valence-electron chi connectivity index (χ1n) is 15.5. The van der Waals surface area contributed by atoms with Crippen LogP contribution < -0.4 is 0 Å². The van der Waals surface area contributed by atoms with Crippen LogP contribution >= 0.6 is 0 Å². The summed E-state index contributed by atoms with van der Waals surface area (Å²) in [6.45, 7) is 19.8. The van der Waals surface area contributed by atoms with E-state index < -0.39 is 6.10 Å². The monoisotopic (exact) mass is 554 g/mol. The van der Waals surface area contributed by atoms with Gasteiger partial charge in [-0.1, -0.05) is 101 Å². The summed E-state index contributed by atoms with van der Waals surface area (Å²) < 4.78 is 16.4. The molecular weight excluding hydrogens is 492 g/mol. The summed E-state index contributed by atoms with van der Waals surface area (Å²) in [7, 11) is 0. The Bertz CT molecular complexity index is 638. The fraction of sp³-hybridized carbons (Fsp3) is 0.909. The molecule has 0 aliphatic heterocycles. The second-order valence-corrected chi connectivity index (χ2v) is 14.8. The van der Waals surface area contributed by atoms with E-state index in [9.17, 15) is 14.4 Å². The van der Waals surface area contributed by atoms with E-state index in [2.05, 4.69) is 62.3 Å². The zero-order valence-corrected chi connectivity index (χ0v) is 27.0. The minimum absolute atomic E-state index is 0.0878. The van der Waals surface area contributed by atoms with Crippen molar-refractivity contribution in [1.29, 1.82) is 0 Å². The first-order valence-corrected chi connectivity index (χ1v) is 15.5. The number of esters is 3. The zero-order valence-electron chi connectivity index (χ0n) is 27.0. The van der Waals surface area contributed by atoms with Gasteiger partial charge >= 0.3 is 17.9 Å². The highest BCUT2D eigenvalue weighted by atomic mass is 16.6. The molecule has 0 saturated heterocycles. The van der Waals surface area contributed by atoms with Crippen LogP contribution in [0, 0.1) is 16.2 Å². The first kappa shape index (κ1) is 37.4. The molecule has 0 bridgehead atoms. The Balaban J connectivity index is 4.54. The largest absolute Gasteiger partial charge is 0.462 e. The molecule has 0 saturated carbocycles. The molecule has 0 aliphatic rings. The van der Waals surface area contributed by atoms with Crippen LogP contribution in [0.25, 0.3) is 0 Å². The van der Waals surface area contributed by atoms with Gasteiger partial charge in [0.1, 0.15) is 13.2 Å². The Labute approximate surface area is 240 Å². The van der Waals surface area contributed by atoms with Crippen molar-refractivity contribution in [2.45, 2.75) is 165 Å². The number of carbonyl (C=O) groups excluding carboxylic acids is 3. The van der Waals surface area contributed by atoms with Crippen LogP contribution in [-0.2, 0) is 28.6 Å². The summed E-state index contributed by atoms with van der Waals surface area (Å²) in [5.41, 5.74) is 0.890. The van der Waals surface area contributed by atoms with Gasteiger partial charge in [0.2, 0.25) is 0 Å². The van der Waals surface area contributed by atoms with Crippen LogP contribution in [-0.4, -0.2) is 37.2 Å². The lowest BCUT2D eigenvalue weighted by Crippen LogP contribution is -2.30. The van der Waals surface area contributed by atoms with Gasteiger partial charge in [0.15, 0.2) is 6.10 Å². The lowest BCUT2D eigenvalue weighted by molar-refractivity contribution is -0.167. The molecule has 39 heavy (non-hydrogen) atoms.